The molecule has 0 unspecified atom stereocenters. The molecule has 1 fully saturated rings. The zero-order valence-electron chi connectivity index (χ0n) is 23.5. The molecule has 2 N–H and O–H groups in total. The van der Waals surface area contributed by atoms with Gasteiger partial charge in [-0.15, -0.1) is 0 Å². The van der Waals surface area contributed by atoms with Crippen LogP contribution in [0.15, 0.2) is 72.0 Å². The third-order valence-corrected chi connectivity index (χ3v) is 6.82. The van der Waals surface area contributed by atoms with Crippen molar-refractivity contribution < 1.29 is 27.7 Å². The van der Waals surface area contributed by atoms with Gasteiger partial charge in [0.05, 0.1) is 38.7 Å². The number of aromatic nitrogens is 1. The lowest BCUT2D eigenvalue weighted by Crippen LogP contribution is -2.37. The largest absolute Gasteiger partial charge is 0.493 e. The Balaban J connectivity index is 1.20. The van der Waals surface area contributed by atoms with E-state index in [1.807, 2.05) is 0 Å². The van der Waals surface area contributed by atoms with Gasteiger partial charge in [0.25, 0.3) is 0 Å². The minimum atomic E-state index is -0.597. The lowest BCUT2D eigenvalue weighted by Gasteiger charge is -2.26. The highest BCUT2D eigenvalue weighted by Crippen LogP contribution is 2.38. The van der Waals surface area contributed by atoms with Gasteiger partial charge in [0.2, 0.25) is 0 Å². The van der Waals surface area contributed by atoms with Crippen molar-refractivity contribution in [1.29, 1.82) is 0 Å². The summed E-state index contributed by atoms with van der Waals surface area (Å²) in [6, 6.07) is 15.4. The quantitative estimate of drug-likeness (QED) is 0.0960. The van der Waals surface area contributed by atoms with Crippen LogP contribution in [-0.2, 0) is 4.74 Å². The fourth-order valence-corrected chi connectivity index (χ4v) is 4.61. The first-order chi connectivity index (χ1) is 21.0. The third-order valence-electron chi connectivity index (χ3n) is 6.63. The second-order valence-corrected chi connectivity index (χ2v) is 10.0. The molecule has 0 spiro atoms. The number of hydrazone groups is 1. The zero-order valence-corrected chi connectivity index (χ0v) is 24.3. The molecule has 1 aromatic heterocycles. The predicted octanol–water partition coefficient (Wildman–Crippen LogP) is 5.74. The van der Waals surface area contributed by atoms with Crippen molar-refractivity contribution in [3.63, 3.8) is 0 Å². The first-order valence-electron chi connectivity index (χ1n) is 13.7. The Hall–Kier alpha value is -4.39. The van der Waals surface area contributed by atoms with Crippen LogP contribution in [0.5, 0.6) is 23.0 Å². The standard InChI is InChI=1S/C31H31F2N5O4S/c1-39-29-18-24-26(19-30(29)41-14-2-11-38-12-15-40-16-13-38)34-10-9-27(24)42-28-8-7-23(17-25(28)33)36-31(43)37-35-20-21-3-5-22(32)6-4-21/h3-10,17-20H,2,11-16H2,1H3,(H2,36,37,43)/b35-20+. The number of anilines is 1. The van der Waals surface area contributed by atoms with Crippen molar-refractivity contribution in [1.82, 2.24) is 15.3 Å². The van der Waals surface area contributed by atoms with Gasteiger partial charge in [-0.25, -0.2) is 8.78 Å². The summed E-state index contributed by atoms with van der Waals surface area (Å²) in [5.41, 5.74) is 4.35. The van der Waals surface area contributed by atoms with Gasteiger partial charge < -0.3 is 24.3 Å². The van der Waals surface area contributed by atoms with E-state index >= 15 is 4.39 Å². The summed E-state index contributed by atoms with van der Waals surface area (Å²) in [7, 11) is 1.57. The van der Waals surface area contributed by atoms with Gasteiger partial charge in [-0.2, -0.15) is 5.10 Å². The summed E-state index contributed by atoms with van der Waals surface area (Å²) in [6.45, 7) is 4.87. The highest BCUT2D eigenvalue weighted by atomic mass is 32.1. The van der Waals surface area contributed by atoms with Crippen molar-refractivity contribution in [2.45, 2.75) is 6.42 Å². The van der Waals surface area contributed by atoms with E-state index in [0.717, 1.165) is 39.3 Å². The minimum Gasteiger partial charge on any atom is -0.493 e. The highest BCUT2D eigenvalue weighted by molar-refractivity contribution is 7.80. The molecule has 1 saturated heterocycles. The zero-order chi connectivity index (χ0) is 30.0. The van der Waals surface area contributed by atoms with E-state index in [-0.39, 0.29) is 16.7 Å². The number of benzene rings is 3. The van der Waals surface area contributed by atoms with E-state index in [0.29, 0.717) is 46.0 Å². The summed E-state index contributed by atoms with van der Waals surface area (Å²) in [6.07, 6.45) is 3.95. The molecular weight excluding hydrogens is 576 g/mol. The number of halogens is 2. The van der Waals surface area contributed by atoms with Gasteiger partial charge in [-0.3, -0.25) is 15.3 Å². The molecule has 224 valence electrons. The number of ether oxygens (including phenoxy) is 4. The predicted molar refractivity (Wildman–Crippen MR) is 165 cm³/mol. The van der Waals surface area contributed by atoms with Crippen LogP contribution in [0.1, 0.15) is 12.0 Å². The van der Waals surface area contributed by atoms with Crippen molar-refractivity contribution >= 4 is 40.1 Å². The number of hydrogen-bond donors (Lipinski definition) is 2. The summed E-state index contributed by atoms with van der Waals surface area (Å²) in [5.74, 6) is 0.607. The number of thiocarbonyl (C=S) groups is 1. The Morgan fingerprint density at radius 1 is 1.02 bits per heavy atom. The van der Waals surface area contributed by atoms with E-state index in [2.05, 4.69) is 25.7 Å². The molecule has 2 heterocycles. The van der Waals surface area contributed by atoms with E-state index in [9.17, 15) is 4.39 Å². The Labute approximate surface area is 253 Å². The van der Waals surface area contributed by atoms with E-state index in [1.165, 1.54) is 30.5 Å². The molecule has 5 rings (SSSR count). The molecule has 0 saturated carbocycles. The number of nitrogens with zero attached hydrogens (tertiary/aromatic N) is 3. The molecule has 3 aromatic carbocycles. The fourth-order valence-electron chi connectivity index (χ4n) is 4.44. The van der Waals surface area contributed by atoms with Gasteiger partial charge in [0.15, 0.2) is 28.2 Å². The maximum absolute atomic E-state index is 15.0. The molecule has 1 aliphatic rings. The van der Waals surface area contributed by atoms with Crippen molar-refractivity contribution in [2.75, 3.05) is 51.9 Å². The second kappa shape index (κ2) is 14.7. The summed E-state index contributed by atoms with van der Waals surface area (Å²) in [4.78, 5) is 6.80. The molecule has 1 aliphatic heterocycles. The molecule has 43 heavy (non-hydrogen) atoms. The molecule has 0 atom stereocenters. The van der Waals surface area contributed by atoms with Gasteiger partial charge in [-0.05, 0) is 60.6 Å². The van der Waals surface area contributed by atoms with Crippen LogP contribution >= 0.6 is 12.2 Å². The Morgan fingerprint density at radius 2 is 1.84 bits per heavy atom. The maximum Gasteiger partial charge on any atom is 0.191 e. The normalized spacial score (nSPS) is 13.7. The van der Waals surface area contributed by atoms with Gasteiger partial charge in [0, 0.05) is 49.0 Å². The number of methoxy groups -OCH3 is 1. The van der Waals surface area contributed by atoms with Crippen LogP contribution in [-0.4, -0.2) is 67.8 Å². The summed E-state index contributed by atoms with van der Waals surface area (Å²) >= 11 is 5.22. The summed E-state index contributed by atoms with van der Waals surface area (Å²) < 4.78 is 51.0. The lowest BCUT2D eigenvalue weighted by molar-refractivity contribution is 0.0357. The molecule has 4 aromatic rings. The van der Waals surface area contributed by atoms with Crippen LogP contribution < -0.4 is 25.0 Å². The summed E-state index contributed by atoms with van der Waals surface area (Å²) in [5, 5.41) is 7.66. The number of rotatable bonds is 11. The number of hydrogen-bond acceptors (Lipinski definition) is 8. The Morgan fingerprint density at radius 3 is 2.60 bits per heavy atom. The van der Waals surface area contributed by atoms with Crippen molar-refractivity contribution in [3.8, 4) is 23.0 Å². The number of morpholine rings is 1. The molecule has 9 nitrogen and oxygen atoms in total. The maximum atomic E-state index is 15.0. The van der Waals surface area contributed by atoms with Crippen molar-refractivity contribution in [3.05, 3.63) is 84.1 Å². The van der Waals surface area contributed by atoms with Crippen LogP contribution in [0.25, 0.3) is 10.9 Å². The molecule has 0 radical (unpaired) electrons. The number of fused-ring (bicyclic) bond motifs is 1. The van der Waals surface area contributed by atoms with Crippen LogP contribution in [0.4, 0.5) is 14.5 Å². The average Bonchev–Trinajstić information content (AvgIpc) is 3.02. The van der Waals surface area contributed by atoms with E-state index in [4.69, 9.17) is 31.2 Å². The topological polar surface area (TPSA) is 89.5 Å². The lowest BCUT2D eigenvalue weighted by atomic mass is 10.1. The monoisotopic (exact) mass is 607 g/mol. The second-order valence-electron chi connectivity index (χ2n) is 9.61. The first kappa shape index (κ1) is 30.1. The number of pyridine rings is 1. The smallest absolute Gasteiger partial charge is 0.191 e. The molecule has 0 amide bonds. The Kier molecular flexibility index (Phi) is 10.3. The van der Waals surface area contributed by atoms with Crippen LogP contribution in [0.3, 0.4) is 0 Å². The van der Waals surface area contributed by atoms with Gasteiger partial charge in [0.1, 0.15) is 11.6 Å². The minimum absolute atomic E-state index is 0.0219. The van der Waals surface area contributed by atoms with Crippen LogP contribution in [0, 0.1) is 11.6 Å². The average molecular weight is 608 g/mol. The SMILES string of the molecule is COc1cc2c(Oc3ccc(NC(=S)N/N=C/c4ccc(F)cc4)cc3F)ccnc2cc1OCCCN1CCOCC1. The molecular formula is C31H31F2N5O4S. The Bertz CT molecular complexity index is 1580. The van der Waals surface area contributed by atoms with Gasteiger partial charge >= 0.3 is 0 Å². The van der Waals surface area contributed by atoms with Crippen LogP contribution in [0.2, 0.25) is 0 Å². The first-order valence-corrected chi connectivity index (χ1v) is 14.1. The number of nitrogens with one attached hydrogen (secondary N) is 2. The fraction of sp³-hybridized carbons (Fsp3) is 0.258. The third kappa shape index (κ3) is 8.34. The molecule has 12 heteroatoms. The van der Waals surface area contributed by atoms with Crippen molar-refractivity contribution in [2.24, 2.45) is 5.10 Å². The van der Waals surface area contributed by atoms with E-state index in [1.54, 1.807) is 49.7 Å². The molecule has 0 bridgehead atoms. The van der Waals surface area contributed by atoms with E-state index < -0.39 is 5.82 Å². The van der Waals surface area contributed by atoms with Gasteiger partial charge in [-0.1, -0.05) is 12.1 Å². The highest BCUT2D eigenvalue weighted by Gasteiger charge is 2.15. The molecule has 0 aliphatic carbocycles.